The van der Waals surface area contributed by atoms with Crippen LogP contribution in [0, 0.1) is 0 Å². The number of aliphatic hydroxyl groups excluding tert-OH is 1. The molecule has 1 aromatic heterocycles. The van der Waals surface area contributed by atoms with Gasteiger partial charge in [0.05, 0.1) is 16.9 Å². The molecule has 0 aliphatic rings. The van der Waals surface area contributed by atoms with Crippen molar-refractivity contribution in [3.8, 4) is 5.75 Å². The largest absolute Gasteiger partial charge is 0.504 e. The molecule has 3 rings (SSSR count). The van der Waals surface area contributed by atoms with E-state index < -0.39 is 0 Å². The first-order chi connectivity index (χ1) is 15.8. The number of ketones is 1. The quantitative estimate of drug-likeness (QED) is 0.121. The van der Waals surface area contributed by atoms with Crippen molar-refractivity contribution in [3.63, 3.8) is 0 Å². The minimum Gasteiger partial charge on any atom is -0.504 e. The lowest BCUT2D eigenvalue weighted by Gasteiger charge is -2.08. The normalized spacial score (nSPS) is 11.2. The Morgan fingerprint density at radius 3 is 2.27 bits per heavy atom. The van der Waals surface area contributed by atoms with E-state index in [2.05, 4.69) is 0 Å². The average Bonchev–Trinajstić information content (AvgIpc) is 3.13. The molecule has 1 heterocycles. The van der Waals surface area contributed by atoms with Gasteiger partial charge in [-0.25, -0.2) is 0 Å². The van der Waals surface area contributed by atoms with Gasteiger partial charge in [-0.15, -0.1) is 0 Å². The molecular weight excluding hydrogens is 422 g/mol. The number of unbranched alkanes of at least 4 members (excludes halogenated alkanes) is 3. The number of rotatable bonds is 12. The van der Waals surface area contributed by atoms with Crippen LogP contribution in [-0.4, -0.2) is 28.5 Å². The first-order valence-electron chi connectivity index (χ1n) is 11.2. The van der Waals surface area contributed by atoms with Crippen LogP contribution in [0.3, 0.4) is 0 Å². The molecule has 33 heavy (non-hydrogen) atoms. The second-order valence-corrected chi connectivity index (χ2v) is 8.27. The molecule has 0 aliphatic heterocycles. The van der Waals surface area contributed by atoms with Gasteiger partial charge >= 0.3 is 0 Å². The number of amides is 1. The number of aromatic hydroxyl groups is 1. The highest BCUT2D eigenvalue weighted by Gasteiger charge is 2.23. The highest BCUT2D eigenvalue weighted by atomic mass is 16.3. The molecule has 0 saturated heterocycles. The van der Waals surface area contributed by atoms with Crippen LogP contribution in [0.5, 0.6) is 5.75 Å². The van der Waals surface area contributed by atoms with Crippen LogP contribution in [-0.2, 0) is 17.6 Å². The lowest BCUT2D eigenvalue weighted by Crippen LogP contribution is -2.09. The van der Waals surface area contributed by atoms with Gasteiger partial charge in [0.25, 0.3) is 0 Å². The van der Waals surface area contributed by atoms with Crippen molar-refractivity contribution in [2.75, 3.05) is 18.1 Å². The highest BCUT2D eigenvalue weighted by molar-refractivity contribution is 6.17. The van der Waals surface area contributed by atoms with Crippen molar-refractivity contribution in [2.24, 2.45) is 5.73 Å². The molecule has 0 fully saturated rings. The molecule has 0 radical (unpaired) electrons. The Hall–Kier alpha value is -3.52. The summed E-state index contributed by atoms with van der Waals surface area (Å²) in [6.07, 6.45) is 5.42. The molecule has 2 aromatic carbocycles. The van der Waals surface area contributed by atoms with E-state index in [4.69, 9.17) is 26.7 Å². The highest BCUT2D eigenvalue weighted by Crippen LogP contribution is 2.34. The first-order valence-corrected chi connectivity index (χ1v) is 11.2. The van der Waals surface area contributed by atoms with E-state index in [0.717, 1.165) is 37.7 Å². The summed E-state index contributed by atoms with van der Waals surface area (Å²) in [7, 11) is 0. The molecule has 1 amide bonds. The Labute approximate surface area is 192 Å². The number of furan rings is 1. The third-order valence-electron chi connectivity index (χ3n) is 5.69. The number of primary amides is 1. The maximum absolute atomic E-state index is 13.5. The van der Waals surface area contributed by atoms with E-state index in [9.17, 15) is 14.7 Å². The Morgan fingerprint density at radius 1 is 0.909 bits per heavy atom. The lowest BCUT2D eigenvalue weighted by molar-refractivity contribution is -0.118. The number of benzene rings is 2. The van der Waals surface area contributed by atoms with Crippen LogP contribution < -0.4 is 17.2 Å². The summed E-state index contributed by atoms with van der Waals surface area (Å²) in [6, 6.07) is 8.59. The number of aryl methyl sites for hydroxylation is 2. The fourth-order valence-corrected chi connectivity index (χ4v) is 3.93. The SMILES string of the molecule is NC(=O)CCCCCc1oc2cc(CCCCO)ccc2c1C(=O)c1cc(N)c(O)c(N)c1. The Balaban J connectivity index is 1.94. The fraction of sp³-hybridized carbons (Fsp3) is 0.360. The van der Waals surface area contributed by atoms with E-state index in [1.54, 1.807) is 0 Å². The van der Waals surface area contributed by atoms with Gasteiger partial charge in [0.1, 0.15) is 11.3 Å². The molecule has 8 N–H and O–H groups in total. The predicted molar refractivity (Wildman–Crippen MR) is 128 cm³/mol. The molecule has 176 valence electrons. The van der Waals surface area contributed by atoms with Crippen LogP contribution >= 0.6 is 0 Å². The van der Waals surface area contributed by atoms with Crippen LogP contribution in [0.15, 0.2) is 34.7 Å². The number of phenolic OH excluding ortho intramolecular Hbond substituents is 1. The van der Waals surface area contributed by atoms with Crippen LogP contribution in [0.2, 0.25) is 0 Å². The molecule has 0 aliphatic carbocycles. The van der Waals surface area contributed by atoms with Crippen molar-refractivity contribution in [2.45, 2.75) is 51.4 Å². The second kappa shape index (κ2) is 10.9. The van der Waals surface area contributed by atoms with Crippen molar-refractivity contribution in [1.29, 1.82) is 0 Å². The number of phenols is 1. The van der Waals surface area contributed by atoms with E-state index in [1.165, 1.54) is 12.1 Å². The molecule has 8 heteroatoms. The van der Waals surface area contributed by atoms with Gasteiger partial charge in [-0.1, -0.05) is 18.6 Å². The summed E-state index contributed by atoms with van der Waals surface area (Å²) in [6.45, 7) is 0.153. The number of nitrogen functional groups attached to an aromatic ring is 2. The maximum atomic E-state index is 13.5. The minimum absolute atomic E-state index is 0.0327. The minimum atomic E-state index is -0.328. The molecule has 8 nitrogen and oxygen atoms in total. The van der Waals surface area contributed by atoms with Crippen LogP contribution in [0.4, 0.5) is 11.4 Å². The van der Waals surface area contributed by atoms with E-state index >= 15 is 0 Å². The number of aliphatic hydroxyl groups is 1. The van der Waals surface area contributed by atoms with Crippen molar-refractivity contribution >= 4 is 34.0 Å². The van der Waals surface area contributed by atoms with Gasteiger partial charge < -0.3 is 31.8 Å². The van der Waals surface area contributed by atoms with Crippen LogP contribution in [0.1, 0.15) is 65.8 Å². The van der Waals surface area contributed by atoms with Crippen LogP contribution in [0.25, 0.3) is 11.0 Å². The number of fused-ring (bicyclic) bond motifs is 1. The summed E-state index contributed by atoms with van der Waals surface area (Å²) >= 11 is 0. The molecule has 0 unspecified atom stereocenters. The zero-order valence-electron chi connectivity index (χ0n) is 18.6. The number of anilines is 2. The number of hydrogen-bond acceptors (Lipinski definition) is 7. The lowest BCUT2D eigenvalue weighted by atomic mass is 9.96. The molecule has 0 saturated carbocycles. The number of hydrogen-bond donors (Lipinski definition) is 5. The topological polar surface area (TPSA) is 166 Å². The molecule has 0 bridgehead atoms. The molecule has 0 atom stereocenters. The summed E-state index contributed by atoms with van der Waals surface area (Å²) in [5, 5.41) is 19.6. The van der Waals surface area contributed by atoms with E-state index in [-0.39, 0.29) is 41.0 Å². The average molecular weight is 454 g/mol. The first kappa shape index (κ1) is 24.1. The summed E-state index contributed by atoms with van der Waals surface area (Å²) in [5.74, 6) is -0.296. The summed E-state index contributed by atoms with van der Waals surface area (Å²) < 4.78 is 6.13. The zero-order valence-corrected chi connectivity index (χ0v) is 18.6. The maximum Gasteiger partial charge on any atom is 0.217 e. The van der Waals surface area contributed by atoms with Gasteiger partial charge in [0.2, 0.25) is 5.91 Å². The molecular formula is C25H31N3O5. The summed E-state index contributed by atoms with van der Waals surface area (Å²) in [4.78, 5) is 24.5. The van der Waals surface area contributed by atoms with Crippen molar-refractivity contribution in [1.82, 2.24) is 0 Å². The molecule has 0 spiro atoms. The standard InChI is InChI=1S/C25H31N3O5/c26-18-13-16(14-19(27)25(18)32)24(31)23-17-10-9-15(6-4-5-11-29)12-21(17)33-20(23)7-2-1-3-8-22(28)30/h9-10,12-14,29,32H,1-8,11,26-27H2,(H2,28,30). The second-order valence-electron chi connectivity index (χ2n) is 8.27. The predicted octanol–water partition coefficient (Wildman–Crippen LogP) is 3.44. The number of nitrogens with two attached hydrogens (primary N) is 3. The summed E-state index contributed by atoms with van der Waals surface area (Å²) in [5.41, 5.74) is 19.3. The van der Waals surface area contributed by atoms with Gasteiger partial charge in [0.15, 0.2) is 11.5 Å². The van der Waals surface area contributed by atoms with Crippen molar-refractivity contribution in [3.05, 3.63) is 52.8 Å². The van der Waals surface area contributed by atoms with Gasteiger partial charge in [0, 0.05) is 30.4 Å². The van der Waals surface area contributed by atoms with E-state index in [0.29, 0.717) is 41.6 Å². The van der Waals surface area contributed by atoms with E-state index in [1.807, 2.05) is 18.2 Å². The number of carbonyl (C=O) groups excluding carboxylic acids is 2. The third kappa shape index (κ3) is 5.84. The van der Waals surface area contributed by atoms with Gasteiger partial charge in [-0.2, -0.15) is 0 Å². The molecule has 3 aromatic rings. The third-order valence-corrected chi connectivity index (χ3v) is 5.69. The Kier molecular flexibility index (Phi) is 7.95. The zero-order chi connectivity index (χ0) is 24.0. The van der Waals surface area contributed by atoms with Crippen molar-refractivity contribution < 1.29 is 24.2 Å². The number of carbonyl (C=O) groups is 2. The van der Waals surface area contributed by atoms with Gasteiger partial charge in [-0.05, 0) is 55.9 Å². The smallest absolute Gasteiger partial charge is 0.217 e. The monoisotopic (exact) mass is 453 g/mol. The Morgan fingerprint density at radius 2 is 1.61 bits per heavy atom. The van der Waals surface area contributed by atoms with Gasteiger partial charge in [-0.3, -0.25) is 9.59 Å². The fourth-order valence-electron chi connectivity index (χ4n) is 3.93. The Bertz CT molecular complexity index is 1130.